The van der Waals surface area contributed by atoms with Crippen LogP contribution in [-0.2, 0) is 36.9 Å². The van der Waals surface area contributed by atoms with Crippen LogP contribution in [-0.4, -0.2) is 60.4 Å². The Morgan fingerprint density at radius 2 is 1.78 bits per heavy atom. The predicted octanol–water partition coefficient (Wildman–Crippen LogP) is 0.556. The number of hydrogen-bond acceptors (Lipinski definition) is 7. The summed E-state index contributed by atoms with van der Waals surface area (Å²) in [7, 11) is 0. The summed E-state index contributed by atoms with van der Waals surface area (Å²) in [6.07, 6.45) is 0.572. The van der Waals surface area contributed by atoms with E-state index < -0.39 is 36.5 Å². The summed E-state index contributed by atoms with van der Waals surface area (Å²) in [6, 6.07) is 13.2. The highest BCUT2D eigenvalue weighted by Gasteiger charge is 2.28. The van der Waals surface area contributed by atoms with Crippen molar-refractivity contribution < 1.29 is 33.8 Å². The van der Waals surface area contributed by atoms with Gasteiger partial charge >= 0.3 is 6.09 Å². The largest absolute Gasteiger partial charge is 0.508 e. The smallest absolute Gasteiger partial charge is 0.408 e. The van der Waals surface area contributed by atoms with Crippen molar-refractivity contribution in [2.45, 2.75) is 38.0 Å². The number of phenolic OH excluding ortho intramolecular Hbond substituents is 1. The average Bonchev–Trinajstić information content (AvgIpc) is 3.31. The first kappa shape index (κ1) is 27.2. The van der Waals surface area contributed by atoms with Crippen molar-refractivity contribution in [1.82, 2.24) is 21.3 Å². The Hall–Kier alpha value is -4.41. The Balaban J connectivity index is 1.55. The zero-order valence-corrected chi connectivity index (χ0v) is 20.1. The molecule has 1 aliphatic heterocycles. The van der Waals surface area contributed by atoms with Crippen LogP contribution in [0.3, 0.4) is 0 Å². The molecule has 0 spiro atoms. The molecule has 1 heterocycles. The molecule has 1 saturated heterocycles. The van der Waals surface area contributed by atoms with E-state index in [4.69, 9.17) is 4.74 Å². The van der Waals surface area contributed by atoms with E-state index in [9.17, 15) is 29.1 Å². The maximum Gasteiger partial charge on any atom is 0.408 e. The highest BCUT2D eigenvalue weighted by molar-refractivity contribution is 5.90. The van der Waals surface area contributed by atoms with Crippen LogP contribution in [0.2, 0.25) is 0 Å². The Bertz CT molecular complexity index is 1090. The average molecular weight is 511 g/mol. The molecular formula is C26H30N4O7. The van der Waals surface area contributed by atoms with Crippen molar-refractivity contribution in [3.8, 4) is 5.75 Å². The maximum atomic E-state index is 12.9. The van der Waals surface area contributed by atoms with Crippen LogP contribution in [0.1, 0.15) is 24.0 Å². The third kappa shape index (κ3) is 8.95. The molecule has 196 valence electrons. The fourth-order valence-electron chi connectivity index (χ4n) is 3.86. The number of alkyl carbamates (subject to hydrolysis) is 1. The van der Waals surface area contributed by atoms with E-state index in [0.717, 1.165) is 5.56 Å². The first-order valence-electron chi connectivity index (χ1n) is 11.9. The third-order valence-electron chi connectivity index (χ3n) is 5.83. The zero-order chi connectivity index (χ0) is 26.6. The van der Waals surface area contributed by atoms with E-state index >= 15 is 0 Å². The van der Waals surface area contributed by atoms with Crippen molar-refractivity contribution in [3.63, 3.8) is 0 Å². The summed E-state index contributed by atoms with van der Waals surface area (Å²) < 4.78 is 5.21. The molecule has 0 aromatic heterocycles. The molecule has 0 bridgehead atoms. The molecule has 4 amide bonds. The highest BCUT2D eigenvalue weighted by Crippen LogP contribution is 2.15. The summed E-state index contributed by atoms with van der Waals surface area (Å²) in [6.45, 7) is 0.101. The normalized spacial score (nSPS) is 16.1. The van der Waals surface area contributed by atoms with Gasteiger partial charge in [0.1, 0.15) is 24.7 Å². The van der Waals surface area contributed by atoms with Crippen molar-refractivity contribution in [2.75, 3.05) is 13.1 Å². The summed E-state index contributed by atoms with van der Waals surface area (Å²) in [5.74, 6) is -1.71. The van der Waals surface area contributed by atoms with Crippen molar-refractivity contribution in [3.05, 3.63) is 65.7 Å². The molecule has 1 aliphatic rings. The molecule has 0 radical (unpaired) electrons. The third-order valence-corrected chi connectivity index (χ3v) is 5.83. The van der Waals surface area contributed by atoms with Gasteiger partial charge in [-0.2, -0.15) is 0 Å². The molecule has 11 nitrogen and oxygen atoms in total. The Labute approximate surface area is 214 Å². The molecule has 0 aliphatic carbocycles. The summed E-state index contributed by atoms with van der Waals surface area (Å²) in [5, 5.41) is 19.7. The number of rotatable bonds is 12. The monoisotopic (exact) mass is 510 g/mol. The quantitative estimate of drug-likeness (QED) is 0.260. The number of benzene rings is 2. The lowest BCUT2D eigenvalue weighted by Crippen LogP contribution is -2.51. The SMILES string of the molecule is O=C[C@H](CC1CCNC1=O)NC(=O)CNC(=O)C(Cc1ccc(O)cc1)NC(=O)OCc1ccccc1. The van der Waals surface area contributed by atoms with E-state index in [1.54, 1.807) is 36.4 Å². The highest BCUT2D eigenvalue weighted by atomic mass is 16.5. The van der Waals surface area contributed by atoms with Gasteiger partial charge in [-0.15, -0.1) is 0 Å². The van der Waals surface area contributed by atoms with Gasteiger partial charge < -0.3 is 35.9 Å². The van der Waals surface area contributed by atoms with E-state index in [1.165, 1.54) is 12.1 Å². The van der Waals surface area contributed by atoms with Gasteiger partial charge in [0.25, 0.3) is 0 Å². The van der Waals surface area contributed by atoms with E-state index in [-0.39, 0.29) is 37.0 Å². The first-order valence-corrected chi connectivity index (χ1v) is 11.9. The Morgan fingerprint density at radius 3 is 2.43 bits per heavy atom. The van der Waals surface area contributed by atoms with Gasteiger partial charge in [0, 0.05) is 18.9 Å². The number of aromatic hydroxyl groups is 1. The van der Waals surface area contributed by atoms with Crippen LogP contribution >= 0.6 is 0 Å². The van der Waals surface area contributed by atoms with Gasteiger partial charge in [-0.05, 0) is 36.1 Å². The molecule has 37 heavy (non-hydrogen) atoms. The topological polar surface area (TPSA) is 163 Å². The molecule has 5 N–H and O–H groups in total. The number of carbonyl (C=O) groups excluding carboxylic acids is 5. The predicted molar refractivity (Wildman–Crippen MR) is 132 cm³/mol. The molecule has 3 rings (SSSR count). The van der Waals surface area contributed by atoms with Crippen LogP contribution in [0.4, 0.5) is 4.79 Å². The Morgan fingerprint density at radius 1 is 1.05 bits per heavy atom. The number of aldehydes is 1. The lowest BCUT2D eigenvalue weighted by Gasteiger charge is -2.19. The summed E-state index contributed by atoms with van der Waals surface area (Å²) >= 11 is 0. The van der Waals surface area contributed by atoms with Gasteiger partial charge in [-0.3, -0.25) is 14.4 Å². The molecular weight excluding hydrogens is 480 g/mol. The van der Waals surface area contributed by atoms with E-state index in [0.29, 0.717) is 24.8 Å². The summed E-state index contributed by atoms with van der Waals surface area (Å²) in [4.78, 5) is 60.7. The van der Waals surface area contributed by atoms with Crippen LogP contribution in [0.5, 0.6) is 5.75 Å². The number of carbonyl (C=O) groups is 5. The molecule has 3 atom stereocenters. The van der Waals surface area contributed by atoms with Crippen molar-refractivity contribution >= 4 is 30.1 Å². The number of phenols is 1. The van der Waals surface area contributed by atoms with E-state index in [1.807, 2.05) is 6.07 Å². The van der Waals surface area contributed by atoms with Gasteiger partial charge in [-0.1, -0.05) is 42.5 Å². The minimum absolute atomic E-state index is 0.00866. The van der Waals surface area contributed by atoms with Crippen LogP contribution in [0.25, 0.3) is 0 Å². The number of hydrogen-bond donors (Lipinski definition) is 5. The molecule has 11 heteroatoms. The van der Waals surface area contributed by atoms with Crippen LogP contribution in [0, 0.1) is 5.92 Å². The van der Waals surface area contributed by atoms with Crippen molar-refractivity contribution in [1.29, 1.82) is 0 Å². The lowest BCUT2D eigenvalue weighted by molar-refractivity contribution is -0.128. The van der Waals surface area contributed by atoms with Gasteiger partial charge in [-0.25, -0.2) is 4.79 Å². The molecule has 2 aromatic carbocycles. The molecule has 2 aromatic rings. The molecule has 2 unspecified atom stereocenters. The molecule has 1 fully saturated rings. The zero-order valence-electron chi connectivity index (χ0n) is 20.1. The minimum atomic E-state index is -1.08. The first-order chi connectivity index (χ1) is 17.8. The fourth-order valence-corrected chi connectivity index (χ4v) is 3.86. The van der Waals surface area contributed by atoms with E-state index in [2.05, 4.69) is 21.3 Å². The molecule has 0 saturated carbocycles. The second kappa shape index (κ2) is 13.6. The minimum Gasteiger partial charge on any atom is -0.508 e. The summed E-state index contributed by atoms with van der Waals surface area (Å²) in [5.41, 5.74) is 1.43. The van der Waals surface area contributed by atoms with Crippen LogP contribution < -0.4 is 21.3 Å². The standard InChI is InChI=1S/C26H30N4O7/c31-15-20(13-19-10-11-27-24(19)34)29-23(33)14-28-25(35)22(12-17-6-8-21(32)9-7-17)30-26(36)37-16-18-4-2-1-3-5-18/h1-9,15,19-20,22,32H,10-14,16H2,(H,27,34)(H,28,35)(H,29,33)(H,30,36)/t19?,20-,22?/m0/s1. The van der Waals surface area contributed by atoms with Gasteiger partial charge in [0.15, 0.2) is 0 Å². The van der Waals surface area contributed by atoms with Crippen LogP contribution in [0.15, 0.2) is 54.6 Å². The second-order valence-electron chi connectivity index (χ2n) is 8.67. The maximum absolute atomic E-state index is 12.9. The Kier molecular flexibility index (Phi) is 10.0. The van der Waals surface area contributed by atoms with Crippen molar-refractivity contribution in [2.24, 2.45) is 5.92 Å². The lowest BCUT2D eigenvalue weighted by atomic mass is 9.99. The van der Waals surface area contributed by atoms with Gasteiger partial charge in [0.2, 0.25) is 17.7 Å². The second-order valence-corrected chi connectivity index (χ2v) is 8.67. The number of nitrogens with one attached hydrogen (secondary N) is 4. The fraction of sp³-hybridized carbons (Fsp3) is 0.346. The number of ether oxygens (including phenoxy) is 1. The van der Waals surface area contributed by atoms with Gasteiger partial charge in [0.05, 0.1) is 12.6 Å². The number of amides is 4.